The third kappa shape index (κ3) is 6.88. The summed E-state index contributed by atoms with van der Waals surface area (Å²) < 4.78 is 6.70. The van der Waals surface area contributed by atoms with E-state index in [0.717, 1.165) is 52.4 Å². The number of aromatic nitrogens is 1. The van der Waals surface area contributed by atoms with Crippen LogP contribution in [-0.4, -0.2) is 30.3 Å². The average Bonchev–Trinajstić information content (AvgIpc) is 3.74. The highest BCUT2D eigenvalue weighted by Crippen LogP contribution is 2.50. The van der Waals surface area contributed by atoms with Gasteiger partial charge in [-0.05, 0) is 141 Å². The molecule has 0 fully saturated rings. The van der Waals surface area contributed by atoms with Crippen molar-refractivity contribution in [3.63, 3.8) is 0 Å². The van der Waals surface area contributed by atoms with Crippen molar-refractivity contribution in [1.82, 2.24) is 9.88 Å². The summed E-state index contributed by atoms with van der Waals surface area (Å²) in [5, 5.41) is 0. The molecule has 0 unspecified atom stereocenters. The van der Waals surface area contributed by atoms with Gasteiger partial charge in [0.2, 0.25) is 0 Å². The maximum Gasteiger partial charge on any atom is 0.252 e. The lowest BCUT2D eigenvalue weighted by atomic mass is 9.33. The lowest BCUT2D eigenvalue weighted by molar-refractivity contribution is 0.481. The van der Waals surface area contributed by atoms with Crippen molar-refractivity contribution in [3.8, 4) is 11.5 Å². The highest BCUT2D eigenvalue weighted by atomic mass is 16.5. The summed E-state index contributed by atoms with van der Waals surface area (Å²) in [6, 6.07) is 54.9. The van der Waals surface area contributed by atoms with Gasteiger partial charge < -0.3 is 24.3 Å². The number of nitrogens with zero attached hydrogens (tertiary/aromatic N) is 6. The molecule has 7 aromatic carbocycles. The van der Waals surface area contributed by atoms with E-state index in [9.17, 15) is 0 Å². The summed E-state index contributed by atoms with van der Waals surface area (Å²) in [5.41, 5.74) is 21.4. The molecule has 0 atom stereocenters. The summed E-state index contributed by atoms with van der Waals surface area (Å²) >= 11 is 0. The molecule has 3 aliphatic rings. The van der Waals surface area contributed by atoms with Crippen molar-refractivity contribution in [3.05, 3.63) is 204 Å². The second-order valence-corrected chi connectivity index (χ2v) is 17.9. The van der Waals surface area contributed by atoms with Crippen LogP contribution in [0.25, 0.3) is 0 Å². The Labute approximate surface area is 383 Å². The summed E-state index contributed by atoms with van der Waals surface area (Å²) in [5.74, 6) is 2.31. The van der Waals surface area contributed by atoms with Gasteiger partial charge in [-0.15, -0.1) is 0 Å². The fraction of sp³-hybridized carbons (Fsp3) is 0.140. The normalized spacial score (nSPS) is 13.5. The van der Waals surface area contributed by atoms with E-state index < -0.39 is 0 Å². The van der Waals surface area contributed by atoms with E-state index in [1.165, 1.54) is 72.5 Å². The molecule has 7 nitrogen and oxygen atoms in total. The average molecular weight is 847 g/mol. The van der Waals surface area contributed by atoms with Crippen LogP contribution in [-0.2, 0) is 0 Å². The number of fused-ring (bicyclic) bond motifs is 4. The molecule has 0 N–H and O–H groups in total. The Bertz CT molecular complexity index is 3020. The minimum atomic E-state index is -0.00156. The number of pyridine rings is 1. The minimum Gasteiger partial charge on any atom is -0.457 e. The largest absolute Gasteiger partial charge is 0.457 e. The first-order valence-corrected chi connectivity index (χ1v) is 22.5. The molecule has 65 heavy (non-hydrogen) atoms. The third-order valence-electron chi connectivity index (χ3n) is 13.1. The predicted molar refractivity (Wildman–Crippen MR) is 272 cm³/mol. The highest BCUT2D eigenvalue weighted by molar-refractivity contribution is 7.00. The third-order valence-corrected chi connectivity index (χ3v) is 13.1. The molecule has 0 saturated carbocycles. The van der Waals surface area contributed by atoms with E-state index >= 15 is 0 Å². The number of ether oxygens (including phenoxy) is 1. The van der Waals surface area contributed by atoms with E-state index in [1.807, 2.05) is 24.4 Å². The van der Waals surface area contributed by atoms with E-state index in [1.54, 1.807) is 0 Å². The van der Waals surface area contributed by atoms with Gasteiger partial charge in [0.05, 0.1) is 29.4 Å². The fourth-order valence-corrected chi connectivity index (χ4v) is 10.7. The van der Waals surface area contributed by atoms with Crippen LogP contribution in [0.5, 0.6) is 11.5 Å². The SMILES string of the molecule is Cc1cc(C)c(N2c3ccccc3B3c4ccccc4N(c4c(C)cc(C)cc4C)c4cc(N(c5cccc(Oc6cccc(N7C=CN(C)C7)c6)c5)c5ccccn5)cc2c43)c(C)c1. The second kappa shape index (κ2) is 15.8. The minimum absolute atomic E-state index is 0.00156. The van der Waals surface area contributed by atoms with Gasteiger partial charge in [0.25, 0.3) is 6.71 Å². The van der Waals surface area contributed by atoms with Gasteiger partial charge in [0, 0.05) is 66.2 Å². The van der Waals surface area contributed by atoms with Crippen LogP contribution < -0.4 is 40.7 Å². The molecule has 0 saturated heterocycles. The molecule has 318 valence electrons. The maximum absolute atomic E-state index is 6.70. The Morgan fingerprint density at radius 2 is 1.08 bits per heavy atom. The first kappa shape index (κ1) is 40.1. The van der Waals surface area contributed by atoms with Crippen molar-refractivity contribution < 1.29 is 4.74 Å². The van der Waals surface area contributed by atoms with Crippen molar-refractivity contribution in [2.24, 2.45) is 0 Å². The Balaban J connectivity index is 1.17. The molecule has 8 aromatic rings. The molecule has 3 aliphatic heterocycles. The standard InChI is InChI=1S/C57H51BN6O/c1-37-28-39(3)56(40(4)29-37)63-50-22-10-8-20-48(50)58-49-21-9-11-23-51(49)64(57-41(5)30-38(2)31-42(57)6)53-35-45(34-52(63)55(53)58)62(54-24-12-13-25-59-54)44-17-15-19-47(33-44)65-46-18-14-16-43(32-46)61-27-26-60(7)36-61/h8-35H,36H2,1-7H3. The van der Waals surface area contributed by atoms with Crippen LogP contribution in [0.1, 0.15) is 33.4 Å². The van der Waals surface area contributed by atoms with Crippen LogP contribution in [0.3, 0.4) is 0 Å². The zero-order valence-electron chi connectivity index (χ0n) is 38.0. The maximum atomic E-state index is 6.70. The summed E-state index contributed by atoms with van der Waals surface area (Å²) in [6.45, 7) is 14.2. The smallest absolute Gasteiger partial charge is 0.252 e. The van der Waals surface area contributed by atoms with E-state index in [-0.39, 0.29) is 6.71 Å². The van der Waals surface area contributed by atoms with Crippen molar-refractivity contribution in [2.45, 2.75) is 41.5 Å². The zero-order chi connectivity index (χ0) is 44.5. The van der Waals surface area contributed by atoms with Crippen molar-refractivity contribution in [1.29, 1.82) is 0 Å². The van der Waals surface area contributed by atoms with Crippen LogP contribution in [0.15, 0.2) is 170 Å². The van der Waals surface area contributed by atoms with Gasteiger partial charge in [-0.25, -0.2) is 4.98 Å². The molecule has 0 aliphatic carbocycles. The van der Waals surface area contributed by atoms with Gasteiger partial charge in [0.15, 0.2) is 0 Å². The highest BCUT2D eigenvalue weighted by Gasteiger charge is 2.44. The first-order chi connectivity index (χ1) is 31.6. The predicted octanol–water partition coefficient (Wildman–Crippen LogP) is 12.5. The lowest BCUT2D eigenvalue weighted by Crippen LogP contribution is -2.61. The van der Waals surface area contributed by atoms with E-state index in [0.29, 0.717) is 0 Å². The molecule has 0 radical (unpaired) electrons. The molecule has 0 bridgehead atoms. The van der Waals surface area contributed by atoms with Gasteiger partial charge in [-0.2, -0.15) is 0 Å². The fourth-order valence-electron chi connectivity index (χ4n) is 10.7. The Morgan fingerprint density at radius 3 is 1.63 bits per heavy atom. The number of hydrogen-bond donors (Lipinski definition) is 0. The van der Waals surface area contributed by atoms with Gasteiger partial charge in [-0.3, -0.25) is 4.90 Å². The van der Waals surface area contributed by atoms with E-state index in [2.05, 4.69) is 219 Å². The molecule has 8 heteroatoms. The molecular weight excluding hydrogens is 795 g/mol. The summed E-state index contributed by atoms with van der Waals surface area (Å²) in [6.07, 6.45) is 6.06. The van der Waals surface area contributed by atoms with Crippen LogP contribution in [0.2, 0.25) is 0 Å². The number of hydrogen-bond acceptors (Lipinski definition) is 7. The molecular formula is C57H51BN6O. The van der Waals surface area contributed by atoms with Gasteiger partial charge >= 0.3 is 0 Å². The summed E-state index contributed by atoms with van der Waals surface area (Å²) in [7, 11) is 2.08. The Hall–Kier alpha value is -7.71. The number of anilines is 10. The molecule has 0 spiro atoms. The van der Waals surface area contributed by atoms with Crippen LogP contribution >= 0.6 is 0 Å². The molecule has 0 amide bonds. The number of aryl methyl sites for hydroxylation is 6. The number of para-hydroxylation sites is 2. The number of benzene rings is 7. The van der Waals surface area contributed by atoms with Crippen molar-refractivity contribution in [2.75, 3.05) is 33.3 Å². The Kier molecular flexibility index (Phi) is 9.76. The molecule has 1 aromatic heterocycles. The topological polar surface area (TPSA) is 38.3 Å². The number of rotatable bonds is 8. The van der Waals surface area contributed by atoms with Crippen LogP contribution in [0, 0.1) is 41.5 Å². The monoisotopic (exact) mass is 846 g/mol. The quantitative estimate of drug-likeness (QED) is 0.141. The molecule has 4 heterocycles. The van der Waals surface area contributed by atoms with Gasteiger partial charge in [0.1, 0.15) is 17.3 Å². The second-order valence-electron chi connectivity index (χ2n) is 17.9. The van der Waals surface area contributed by atoms with Gasteiger partial charge in [-0.1, -0.05) is 90.0 Å². The van der Waals surface area contributed by atoms with Crippen molar-refractivity contribution >= 4 is 80.1 Å². The van der Waals surface area contributed by atoms with Crippen LogP contribution in [0.4, 0.5) is 57.0 Å². The lowest BCUT2D eigenvalue weighted by Gasteiger charge is -2.46. The first-order valence-electron chi connectivity index (χ1n) is 22.5. The van der Waals surface area contributed by atoms with E-state index in [4.69, 9.17) is 9.72 Å². The summed E-state index contributed by atoms with van der Waals surface area (Å²) in [4.78, 5) is 16.8. The molecule has 11 rings (SSSR count). The Morgan fingerprint density at radius 1 is 0.523 bits per heavy atom. The zero-order valence-corrected chi connectivity index (χ0v) is 38.0.